The van der Waals surface area contributed by atoms with Gasteiger partial charge in [0.1, 0.15) is 11.3 Å². The first-order valence-electron chi connectivity index (χ1n) is 6.82. The van der Waals surface area contributed by atoms with Crippen LogP contribution in [0.1, 0.15) is 23.9 Å². The highest BCUT2D eigenvalue weighted by Crippen LogP contribution is 2.19. The molecule has 4 nitrogen and oxygen atoms in total. The quantitative estimate of drug-likeness (QED) is 0.789. The van der Waals surface area contributed by atoms with Crippen LogP contribution in [0.5, 0.6) is 0 Å². The van der Waals surface area contributed by atoms with Gasteiger partial charge in [-0.2, -0.15) is 0 Å². The number of aromatic nitrogens is 3. The fraction of sp³-hybridized carbons (Fsp3) is 0.250. The summed E-state index contributed by atoms with van der Waals surface area (Å²) >= 11 is 0. The molecular weight excluding hydrogens is 248 g/mol. The number of hydrogen-bond acceptors (Lipinski definition) is 3. The molecule has 0 saturated carbocycles. The summed E-state index contributed by atoms with van der Waals surface area (Å²) in [6.45, 7) is 0. The van der Waals surface area contributed by atoms with Crippen molar-refractivity contribution in [2.45, 2.75) is 18.9 Å². The lowest BCUT2D eigenvalue weighted by atomic mass is 10.1. The van der Waals surface area contributed by atoms with Gasteiger partial charge in [0.05, 0.1) is 6.04 Å². The zero-order valence-corrected chi connectivity index (χ0v) is 11.5. The zero-order chi connectivity index (χ0) is 13.9. The van der Waals surface area contributed by atoms with Gasteiger partial charge in [-0.05, 0) is 30.5 Å². The summed E-state index contributed by atoms with van der Waals surface area (Å²) in [7, 11) is 1.97. The van der Waals surface area contributed by atoms with Gasteiger partial charge in [-0.15, -0.1) is 0 Å². The molecule has 0 aliphatic rings. The third-order valence-corrected chi connectivity index (χ3v) is 3.58. The van der Waals surface area contributed by atoms with Crippen LogP contribution < -0.4 is 5.73 Å². The molecule has 1 aromatic carbocycles. The smallest absolute Gasteiger partial charge is 0.159 e. The van der Waals surface area contributed by atoms with Crippen LogP contribution in [-0.4, -0.2) is 14.5 Å². The largest absolute Gasteiger partial charge is 0.321 e. The normalized spacial score (nSPS) is 12.7. The molecular formula is C16H18N4. The molecule has 3 rings (SSSR count). The van der Waals surface area contributed by atoms with Crippen molar-refractivity contribution in [3.8, 4) is 0 Å². The second kappa shape index (κ2) is 5.43. The first-order valence-corrected chi connectivity index (χ1v) is 6.82. The Morgan fingerprint density at radius 1 is 1.15 bits per heavy atom. The molecule has 0 saturated heterocycles. The molecule has 0 bridgehead atoms. The van der Waals surface area contributed by atoms with Crippen molar-refractivity contribution in [3.05, 3.63) is 60.0 Å². The van der Waals surface area contributed by atoms with Gasteiger partial charge in [-0.1, -0.05) is 30.3 Å². The van der Waals surface area contributed by atoms with E-state index >= 15 is 0 Å². The molecule has 4 heteroatoms. The molecule has 2 aromatic heterocycles. The van der Waals surface area contributed by atoms with Gasteiger partial charge in [0.25, 0.3) is 0 Å². The lowest BCUT2D eigenvalue weighted by Crippen LogP contribution is -2.16. The molecule has 2 N–H and O–H groups in total. The maximum Gasteiger partial charge on any atom is 0.159 e. The molecule has 0 fully saturated rings. The highest BCUT2D eigenvalue weighted by atomic mass is 15.1. The predicted octanol–water partition coefficient (Wildman–Crippen LogP) is 2.60. The number of nitrogens with zero attached hydrogens (tertiary/aromatic N) is 3. The van der Waals surface area contributed by atoms with E-state index in [1.54, 1.807) is 6.20 Å². The van der Waals surface area contributed by atoms with E-state index in [0.717, 1.165) is 29.8 Å². The van der Waals surface area contributed by atoms with Gasteiger partial charge in [-0.25, -0.2) is 9.97 Å². The van der Waals surface area contributed by atoms with Crippen LogP contribution in [-0.2, 0) is 13.5 Å². The SMILES string of the molecule is Cn1c(C(N)CCc2ccccc2)nc2cccnc21. The van der Waals surface area contributed by atoms with Crippen molar-refractivity contribution in [1.29, 1.82) is 0 Å². The summed E-state index contributed by atoms with van der Waals surface area (Å²) in [5.74, 6) is 0.898. The third kappa shape index (κ3) is 2.42. The molecule has 20 heavy (non-hydrogen) atoms. The van der Waals surface area contributed by atoms with Gasteiger partial charge in [0.2, 0.25) is 0 Å². The van der Waals surface area contributed by atoms with Crippen molar-refractivity contribution in [3.63, 3.8) is 0 Å². The van der Waals surface area contributed by atoms with E-state index in [-0.39, 0.29) is 6.04 Å². The maximum absolute atomic E-state index is 6.30. The van der Waals surface area contributed by atoms with Crippen LogP contribution >= 0.6 is 0 Å². The molecule has 1 atom stereocenters. The number of nitrogens with two attached hydrogens (primary N) is 1. The number of fused-ring (bicyclic) bond motifs is 1. The molecule has 0 spiro atoms. The topological polar surface area (TPSA) is 56.7 Å². The number of pyridine rings is 1. The Bertz CT molecular complexity index is 703. The first kappa shape index (κ1) is 12.8. The van der Waals surface area contributed by atoms with E-state index in [1.807, 2.05) is 29.8 Å². The summed E-state index contributed by atoms with van der Waals surface area (Å²) in [5, 5.41) is 0. The molecule has 0 aliphatic carbocycles. The predicted molar refractivity (Wildman–Crippen MR) is 80.2 cm³/mol. The van der Waals surface area contributed by atoms with Gasteiger partial charge in [0.15, 0.2) is 5.65 Å². The molecule has 102 valence electrons. The molecule has 3 aromatic rings. The second-order valence-corrected chi connectivity index (χ2v) is 5.01. The number of hydrogen-bond donors (Lipinski definition) is 1. The minimum absolute atomic E-state index is 0.0746. The monoisotopic (exact) mass is 266 g/mol. The summed E-state index contributed by atoms with van der Waals surface area (Å²) in [6, 6.07) is 14.2. The van der Waals surface area contributed by atoms with Crippen molar-refractivity contribution in [2.24, 2.45) is 12.8 Å². The van der Waals surface area contributed by atoms with Gasteiger partial charge < -0.3 is 10.3 Å². The number of rotatable bonds is 4. The Labute approximate surface area is 118 Å². The molecule has 0 radical (unpaired) electrons. The average Bonchev–Trinajstić information content (AvgIpc) is 2.84. The van der Waals surface area contributed by atoms with Crippen LogP contribution in [0.4, 0.5) is 0 Å². The van der Waals surface area contributed by atoms with E-state index < -0.39 is 0 Å². The Kier molecular flexibility index (Phi) is 3.48. The van der Waals surface area contributed by atoms with Crippen molar-refractivity contribution in [1.82, 2.24) is 14.5 Å². The van der Waals surface area contributed by atoms with E-state index in [4.69, 9.17) is 5.73 Å². The minimum atomic E-state index is -0.0746. The fourth-order valence-corrected chi connectivity index (χ4v) is 2.47. The van der Waals surface area contributed by atoms with Gasteiger partial charge in [-0.3, -0.25) is 0 Å². The standard InChI is InChI=1S/C16H18N4/c1-20-15(19-14-8-5-11-18-16(14)20)13(17)10-9-12-6-3-2-4-7-12/h2-8,11,13H,9-10,17H2,1H3. The number of benzene rings is 1. The molecule has 1 unspecified atom stereocenters. The van der Waals surface area contributed by atoms with E-state index in [1.165, 1.54) is 5.56 Å². The Hall–Kier alpha value is -2.20. The maximum atomic E-state index is 6.30. The number of imidazole rings is 1. The first-order chi connectivity index (χ1) is 9.75. The van der Waals surface area contributed by atoms with Crippen LogP contribution in [0.3, 0.4) is 0 Å². The Morgan fingerprint density at radius 2 is 1.95 bits per heavy atom. The van der Waals surface area contributed by atoms with Crippen molar-refractivity contribution < 1.29 is 0 Å². The molecule has 2 heterocycles. The fourth-order valence-electron chi connectivity index (χ4n) is 2.47. The number of aryl methyl sites for hydroxylation is 2. The van der Waals surface area contributed by atoms with E-state index in [9.17, 15) is 0 Å². The van der Waals surface area contributed by atoms with Crippen LogP contribution in [0.2, 0.25) is 0 Å². The second-order valence-electron chi connectivity index (χ2n) is 5.01. The van der Waals surface area contributed by atoms with Crippen molar-refractivity contribution >= 4 is 11.2 Å². The highest BCUT2D eigenvalue weighted by molar-refractivity contribution is 5.71. The zero-order valence-electron chi connectivity index (χ0n) is 11.5. The highest BCUT2D eigenvalue weighted by Gasteiger charge is 2.15. The van der Waals surface area contributed by atoms with Gasteiger partial charge in [0, 0.05) is 13.2 Å². The summed E-state index contributed by atoms with van der Waals surface area (Å²) in [5.41, 5.74) is 9.39. The summed E-state index contributed by atoms with van der Waals surface area (Å²) < 4.78 is 1.99. The third-order valence-electron chi connectivity index (χ3n) is 3.58. The lowest BCUT2D eigenvalue weighted by molar-refractivity contribution is 0.591. The van der Waals surface area contributed by atoms with Gasteiger partial charge >= 0.3 is 0 Å². The van der Waals surface area contributed by atoms with Crippen LogP contribution in [0, 0.1) is 0 Å². The summed E-state index contributed by atoms with van der Waals surface area (Å²) in [6.07, 6.45) is 3.61. The summed E-state index contributed by atoms with van der Waals surface area (Å²) in [4.78, 5) is 8.95. The van der Waals surface area contributed by atoms with E-state index in [2.05, 4.69) is 34.2 Å². The minimum Gasteiger partial charge on any atom is -0.321 e. The van der Waals surface area contributed by atoms with Crippen LogP contribution in [0.15, 0.2) is 48.7 Å². The molecule has 0 amide bonds. The average molecular weight is 266 g/mol. The van der Waals surface area contributed by atoms with Crippen LogP contribution in [0.25, 0.3) is 11.2 Å². The lowest BCUT2D eigenvalue weighted by Gasteiger charge is -2.11. The van der Waals surface area contributed by atoms with E-state index in [0.29, 0.717) is 0 Å². The Morgan fingerprint density at radius 3 is 2.70 bits per heavy atom. The van der Waals surface area contributed by atoms with Crippen molar-refractivity contribution in [2.75, 3.05) is 0 Å². The molecule has 0 aliphatic heterocycles. The Balaban J connectivity index is 1.79.